The van der Waals surface area contributed by atoms with Gasteiger partial charge in [-0.2, -0.15) is 0 Å². The number of aliphatic imine (C=N–C) groups is 1. The molecule has 0 bridgehead atoms. The minimum atomic E-state index is -0.542. The number of thioether (sulfide) groups is 1. The Labute approximate surface area is 79.9 Å². The van der Waals surface area contributed by atoms with Crippen LogP contribution in [0.5, 0.6) is 0 Å². The molecule has 0 unspecified atom stereocenters. The topological polar surface area (TPSA) is 46.5 Å². The van der Waals surface area contributed by atoms with Gasteiger partial charge in [-0.05, 0) is 18.4 Å². The Morgan fingerprint density at radius 1 is 1.46 bits per heavy atom. The third-order valence-electron chi connectivity index (χ3n) is 1.48. The van der Waals surface area contributed by atoms with E-state index >= 15 is 0 Å². The monoisotopic (exact) mass is 193 g/mol. The van der Waals surface area contributed by atoms with Gasteiger partial charge in [-0.1, -0.05) is 12.1 Å². The largest absolute Gasteiger partial charge is 0.288 e. The number of carbonyl (C=O) groups excluding carboxylic acids is 2. The summed E-state index contributed by atoms with van der Waals surface area (Å²) in [5.41, 5.74) is 0.443. The average molecular weight is 193 g/mol. The van der Waals surface area contributed by atoms with Crippen LogP contribution < -0.4 is 0 Å². The third-order valence-corrected chi connectivity index (χ3v) is 2.28. The second-order valence-corrected chi connectivity index (χ2v) is 3.06. The lowest BCUT2D eigenvalue weighted by atomic mass is 10.2. The van der Waals surface area contributed by atoms with Gasteiger partial charge < -0.3 is 0 Å². The van der Waals surface area contributed by atoms with Gasteiger partial charge in [-0.15, -0.1) is 16.8 Å². The molecule has 0 aliphatic carbocycles. The summed E-state index contributed by atoms with van der Waals surface area (Å²) in [5.74, 6) is -0.542. The van der Waals surface area contributed by atoms with E-state index in [1.54, 1.807) is 18.2 Å². The molecule has 0 radical (unpaired) electrons. The highest BCUT2D eigenvalue weighted by atomic mass is 32.2. The standard InChI is InChI=1S/C9H7NO2S/c1-13-8-5-3-2-4-7(8)9(12)10-6-11/h2-5H,1H3. The highest BCUT2D eigenvalue weighted by Gasteiger charge is 2.07. The molecule has 0 aliphatic heterocycles. The summed E-state index contributed by atoms with van der Waals surface area (Å²) in [5, 5.41) is 0. The molecule has 0 fully saturated rings. The van der Waals surface area contributed by atoms with Gasteiger partial charge in [-0.3, -0.25) is 4.79 Å². The van der Waals surface area contributed by atoms with Crippen LogP contribution in [0.3, 0.4) is 0 Å². The maximum atomic E-state index is 11.2. The lowest BCUT2D eigenvalue weighted by molar-refractivity contribution is 0.1000. The molecule has 13 heavy (non-hydrogen) atoms. The quantitative estimate of drug-likeness (QED) is 0.409. The Balaban J connectivity index is 3.12. The fraction of sp³-hybridized carbons (Fsp3) is 0.111. The molecule has 0 aliphatic rings. The summed E-state index contributed by atoms with van der Waals surface area (Å²) < 4.78 is 0. The van der Waals surface area contributed by atoms with E-state index in [4.69, 9.17) is 0 Å². The first-order valence-electron chi connectivity index (χ1n) is 3.55. The van der Waals surface area contributed by atoms with Gasteiger partial charge in [0, 0.05) is 4.90 Å². The highest BCUT2D eigenvalue weighted by Crippen LogP contribution is 2.20. The van der Waals surface area contributed by atoms with E-state index in [0.717, 1.165) is 4.90 Å². The maximum Gasteiger partial charge on any atom is 0.288 e. The minimum Gasteiger partial charge on any atom is -0.266 e. The molecule has 66 valence electrons. The van der Waals surface area contributed by atoms with E-state index in [-0.39, 0.29) is 0 Å². The number of nitrogens with zero attached hydrogens (tertiary/aromatic N) is 1. The van der Waals surface area contributed by atoms with Crippen molar-refractivity contribution in [1.82, 2.24) is 0 Å². The Morgan fingerprint density at radius 2 is 2.15 bits per heavy atom. The first-order valence-corrected chi connectivity index (χ1v) is 4.77. The van der Waals surface area contributed by atoms with Crippen molar-refractivity contribution in [3.63, 3.8) is 0 Å². The zero-order chi connectivity index (χ0) is 9.68. The first kappa shape index (κ1) is 9.71. The normalized spacial score (nSPS) is 9.00. The number of rotatable bonds is 2. The van der Waals surface area contributed by atoms with E-state index in [9.17, 15) is 9.59 Å². The van der Waals surface area contributed by atoms with Crippen LogP contribution in [0.1, 0.15) is 10.4 Å². The minimum absolute atomic E-state index is 0.443. The molecule has 4 heteroatoms. The van der Waals surface area contributed by atoms with Crippen molar-refractivity contribution in [3.8, 4) is 0 Å². The molecule has 0 aromatic heterocycles. The van der Waals surface area contributed by atoms with Crippen LogP contribution in [0.4, 0.5) is 0 Å². The zero-order valence-electron chi connectivity index (χ0n) is 6.98. The number of carbonyl (C=O) groups is 1. The summed E-state index contributed by atoms with van der Waals surface area (Å²) in [4.78, 5) is 24.9. The van der Waals surface area contributed by atoms with E-state index in [0.29, 0.717) is 5.56 Å². The maximum absolute atomic E-state index is 11.2. The van der Waals surface area contributed by atoms with Crippen LogP contribution >= 0.6 is 11.8 Å². The van der Waals surface area contributed by atoms with E-state index in [1.807, 2.05) is 12.3 Å². The Bertz CT molecular complexity index is 370. The Morgan fingerprint density at radius 3 is 2.77 bits per heavy atom. The van der Waals surface area contributed by atoms with E-state index in [2.05, 4.69) is 4.99 Å². The molecule has 0 heterocycles. The fourth-order valence-corrected chi connectivity index (χ4v) is 1.51. The van der Waals surface area contributed by atoms with Gasteiger partial charge >= 0.3 is 0 Å². The van der Waals surface area contributed by atoms with E-state index < -0.39 is 5.91 Å². The number of amides is 1. The van der Waals surface area contributed by atoms with Gasteiger partial charge in [0.2, 0.25) is 6.08 Å². The summed E-state index contributed by atoms with van der Waals surface area (Å²) >= 11 is 1.44. The summed E-state index contributed by atoms with van der Waals surface area (Å²) in [6.07, 6.45) is 3.09. The molecule has 1 amide bonds. The Hall–Kier alpha value is -1.38. The average Bonchev–Trinajstić information content (AvgIpc) is 2.18. The molecule has 0 spiro atoms. The van der Waals surface area contributed by atoms with Crippen LogP contribution in [0, 0.1) is 0 Å². The second-order valence-electron chi connectivity index (χ2n) is 2.21. The number of hydrogen-bond donors (Lipinski definition) is 0. The van der Waals surface area contributed by atoms with Crippen molar-refractivity contribution < 1.29 is 9.59 Å². The molecule has 0 atom stereocenters. The molecular weight excluding hydrogens is 186 g/mol. The first-order chi connectivity index (χ1) is 6.29. The van der Waals surface area contributed by atoms with Crippen LogP contribution in [-0.2, 0) is 4.79 Å². The van der Waals surface area contributed by atoms with Crippen molar-refractivity contribution in [1.29, 1.82) is 0 Å². The van der Waals surface area contributed by atoms with Crippen molar-refractivity contribution in [3.05, 3.63) is 29.8 Å². The lowest BCUT2D eigenvalue weighted by Gasteiger charge is -2.00. The predicted octanol–water partition coefficient (Wildman–Crippen LogP) is 1.88. The highest BCUT2D eigenvalue weighted by molar-refractivity contribution is 7.98. The zero-order valence-corrected chi connectivity index (χ0v) is 7.80. The number of benzene rings is 1. The van der Waals surface area contributed by atoms with Crippen molar-refractivity contribution in [2.24, 2.45) is 4.99 Å². The smallest absolute Gasteiger partial charge is 0.266 e. The lowest BCUT2D eigenvalue weighted by Crippen LogP contribution is -1.96. The molecule has 1 aromatic carbocycles. The summed E-state index contributed by atoms with van der Waals surface area (Å²) in [7, 11) is 0. The van der Waals surface area contributed by atoms with Gasteiger partial charge in [-0.25, -0.2) is 4.79 Å². The van der Waals surface area contributed by atoms with Crippen molar-refractivity contribution in [2.75, 3.05) is 6.26 Å². The number of hydrogen-bond acceptors (Lipinski definition) is 3. The number of isocyanates is 1. The molecule has 1 aromatic rings. The van der Waals surface area contributed by atoms with Gasteiger partial charge in [0.15, 0.2) is 0 Å². The van der Waals surface area contributed by atoms with E-state index in [1.165, 1.54) is 17.8 Å². The summed E-state index contributed by atoms with van der Waals surface area (Å²) in [6, 6.07) is 6.99. The van der Waals surface area contributed by atoms with Crippen LogP contribution in [0.25, 0.3) is 0 Å². The molecule has 0 saturated carbocycles. The van der Waals surface area contributed by atoms with Crippen LogP contribution in [0.2, 0.25) is 0 Å². The third kappa shape index (κ3) is 2.28. The molecule has 3 nitrogen and oxygen atoms in total. The molecule has 0 N–H and O–H groups in total. The van der Waals surface area contributed by atoms with Crippen LogP contribution in [-0.4, -0.2) is 18.2 Å². The SMILES string of the molecule is CSc1ccccc1C(=O)N=C=O. The van der Waals surface area contributed by atoms with Crippen molar-refractivity contribution in [2.45, 2.75) is 4.90 Å². The van der Waals surface area contributed by atoms with Gasteiger partial charge in [0.05, 0.1) is 5.56 Å². The van der Waals surface area contributed by atoms with Gasteiger partial charge in [0.25, 0.3) is 5.91 Å². The van der Waals surface area contributed by atoms with Crippen LogP contribution in [0.15, 0.2) is 34.2 Å². The summed E-state index contributed by atoms with van der Waals surface area (Å²) in [6.45, 7) is 0. The second kappa shape index (κ2) is 4.60. The molecular formula is C9H7NO2S. The molecule has 0 saturated heterocycles. The predicted molar refractivity (Wildman–Crippen MR) is 50.7 cm³/mol. The molecule has 1 rings (SSSR count). The van der Waals surface area contributed by atoms with Gasteiger partial charge in [0.1, 0.15) is 0 Å². The Kier molecular flexibility index (Phi) is 3.43. The fourth-order valence-electron chi connectivity index (χ4n) is 0.923. The van der Waals surface area contributed by atoms with Crippen molar-refractivity contribution >= 4 is 23.7 Å².